The van der Waals surface area contributed by atoms with Crippen molar-refractivity contribution < 1.29 is 14.3 Å². The first-order valence-corrected chi connectivity index (χ1v) is 7.33. The van der Waals surface area contributed by atoms with Gasteiger partial charge in [0.25, 0.3) is 0 Å². The van der Waals surface area contributed by atoms with Crippen LogP contribution in [-0.2, 0) is 4.74 Å². The first-order valence-electron chi connectivity index (χ1n) is 6.96. The summed E-state index contributed by atoms with van der Waals surface area (Å²) < 4.78 is 5.08. The van der Waals surface area contributed by atoms with Gasteiger partial charge in [-0.15, -0.1) is 0 Å². The van der Waals surface area contributed by atoms with Crippen LogP contribution in [-0.4, -0.2) is 30.8 Å². The number of anilines is 1. The topological polar surface area (TPSA) is 79.5 Å². The molecule has 0 heterocycles. The number of hydrogen-bond donors (Lipinski definition) is 3. The van der Waals surface area contributed by atoms with Gasteiger partial charge in [0, 0.05) is 23.8 Å². The van der Waals surface area contributed by atoms with Crippen LogP contribution in [0.25, 0.3) is 0 Å². The number of carbonyl (C=O) groups excluding carboxylic acids is 2. The van der Waals surface area contributed by atoms with Crippen molar-refractivity contribution in [2.24, 2.45) is 0 Å². The zero-order valence-electron chi connectivity index (χ0n) is 13.2. The predicted molar refractivity (Wildman–Crippen MR) is 87.4 cm³/mol. The van der Waals surface area contributed by atoms with E-state index in [2.05, 4.69) is 16.0 Å². The molecule has 1 aromatic rings. The number of rotatable bonds is 4. The van der Waals surface area contributed by atoms with Gasteiger partial charge < -0.3 is 20.7 Å². The molecule has 22 heavy (non-hydrogen) atoms. The van der Waals surface area contributed by atoms with Crippen molar-refractivity contribution in [1.82, 2.24) is 10.6 Å². The van der Waals surface area contributed by atoms with E-state index in [1.165, 1.54) is 0 Å². The summed E-state index contributed by atoms with van der Waals surface area (Å²) in [5, 5.41) is 8.47. The minimum atomic E-state index is -0.543. The Bertz CT molecular complexity index is 541. The standard InChI is InChI=1S/C15H22ClN3O3/c1-10-11(16)6-5-7-12(10)19-13(20)17-8-9-18-14(21)22-15(2,3)4/h5-7H,8-9H2,1-4H3,(H,18,21)(H2,17,19,20). The second-order valence-corrected chi connectivity index (χ2v) is 6.13. The van der Waals surface area contributed by atoms with Crippen LogP contribution in [0.5, 0.6) is 0 Å². The molecular weight excluding hydrogens is 306 g/mol. The van der Waals surface area contributed by atoms with Gasteiger partial charge in [-0.3, -0.25) is 0 Å². The number of nitrogens with one attached hydrogen (secondary N) is 3. The van der Waals surface area contributed by atoms with Crippen molar-refractivity contribution in [3.05, 3.63) is 28.8 Å². The van der Waals surface area contributed by atoms with Gasteiger partial charge in [-0.1, -0.05) is 17.7 Å². The Morgan fingerprint density at radius 3 is 2.45 bits per heavy atom. The molecule has 122 valence electrons. The molecule has 7 heteroatoms. The van der Waals surface area contributed by atoms with Gasteiger partial charge in [0.05, 0.1) is 0 Å². The normalized spacial score (nSPS) is 10.8. The van der Waals surface area contributed by atoms with Crippen LogP contribution in [0.4, 0.5) is 15.3 Å². The van der Waals surface area contributed by atoms with Crippen LogP contribution in [0.2, 0.25) is 5.02 Å². The highest BCUT2D eigenvalue weighted by molar-refractivity contribution is 6.31. The number of benzene rings is 1. The number of alkyl carbamates (subject to hydrolysis) is 1. The van der Waals surface area contributed by atoms with Gasteiger partial charge in [0.2, 0.25) is 0 Å². The lowest BCUT2D eigenvalue weighted by Crippen LogP contribution is -2.39. The Labute approximate surface area is 135 Å². The number of halogens is 1. The van der Waals surface area contributed by atoms with Crippen LogP contribution in [0.15, 0.2) is 18.2 Å². The fraction of sp³-hybridized carbons (Fsp3) is 0.467. The summed E-state index contributed by atoms with van der Waals surface area (Å²) in [6.07, 6.45) is -0.514. The third kappa shape index (κ3) is 6.67. The molecule has 0 aliphatic rings. The van der Waals surface area contributed by atoms with E-state index in [1.54, 1.807) is 39.0 Å². The number of ether oxygens (including phenoxy) is 1. The molecule has 1 aromatic carbocycles. The molecule has 0 atom stereocenters. The Balaban J connectivity index is 2.30. The third-order valence-electron chi connectivity index (χ3n) is 2.59. The summed E-state index contributed by atoms with van der Waals surface area (Å²) in [4.78, 5) is 23.1. The number of urea groups is 1. The minimum Gasteiger partial charge on any atom is -0.444 e. The average molecular weight is 328 g/mol. The maximum Gasteiger partial charge on any atom is 0.407 e. The molecule has 3 amide bonds. The van der Waals surface area contributed by atoms with Crippen LogP contribution in [0.1, 0.15) is 26.3 Å². The highest BCUT2D eigenvalue weighted by Crippen LogP contribution is 2.22. The molecule has 0 radical (unpaired) electrons. The van der Waals surface area contributed by atoms with Crippen molar-refractivity contribution in [2.75, 3.05) is 18.4 Å². The fourth-order valence-corrected chi connectivity index (χ4v) is 1.74. The minimum absolute atomic E-state index is 0.275. The van der Waals surface area contributed by atoms with Gasteiger partial charge in [0.1, 0.15) is 5.60 Å². The number of amides is 3. The van der Waals surface area contributed by atoms with Gasteiger partial charge in [0.15, 0.2) is 0 Å². The highest BCUT2D eigenvalue weighted by atomic mass is 35.5. The Hall–Kier alpha value is -1.95. The van der Waals surface area contributed by atoms with Crippen molar-refractivity contribution in [2.45, 2.75) is 33.3 Å². The molecule has 0 spiro atoms. The van der Waals surface area contributed by atoms with E-state index >= 15 is 0 Å². The van der Waals surface area contributed by atoms with Crippen molar-refractivity contribution in [3.63, 3.8) is 0 Å². The van der Waals surface area contributed by atoms with Crippen molar-refractivity contribution in [3.8, 4) is 0 Å². The summed E-state index contributed by atoms with van der Waals surface area (Å²) in [6, 6.07) is 4.91. The van der Waals surface area contributed by atoms with E-state index in [4.69, 9.17) is 16.3 Å². The van der Waals surface area contributed by atoms with Crippen LogP contribution >= 0.6 is 11.6 Å². The third-order valence-corrected chi connectivity index (χ3v) is 3.00. The largest absolute Gasteiger partial charge is 0.444 e. The van der Waals surface area contributed by atoms with Gasteiger partial charge in [-0.05, 0) is 45.4 Å². The first-order chi connectivity index (χ1) is 10.2. The van der Waals surface area contributed by atoms with E-state index in [0.717, 1.165) is 5.56 Å². The van der Waals surface area contributed by atoms with E-state index in [9.17, 15) is 9.59 Å². The maximum absolute atomic E-state index is 11.7. The molecule has 0 bridgehead atoms. The van der Waals surface area contributed by atoms with Gasteiger partial charge in [-0.2, -0.15) is 0 Å². The highest BCUT2D eigenvalue weighted by Gasteiger charge is 2.15. The number of carbonyl (C=O) groups is 2. The predicted octanol–water partition coefficient (Wildman–Crippen LogP) is 3.29. The number of hydrogen-bond acceptors (Lipinski definition) is 3. The van der Waals surface area contributed by atoms with Gasteiger partial charge >= 0.3 is 12.1 Å². The lowest BCUT2D eigenvalue weighted by Gasteiger charge is -2.19. The smallest absolute Gasteiger partial charge is 0.407 e. The second-order valence-electron chi connectivity index (χ2n) is 5.72. The van der Waals surface area contributed by atoms with Gasteiger partial charge in [-0.25, -0.2) is 9.59 Å². The SMILES string of the molecule is Cc1c(Cl)cccc1NC(=O)NCCNC(=O)OC(C)(C)C. The van der Waals surface area contributed by atoms with Crippen LogP contribution < -0.4 is 16.0 Å². The van der Waals surface area contributed by atoms with Crippen molar-refractivity contribution in [1.29, 1.82) is 0 Å². The van der Waals surface area contributed by atoms with E-state index in [-0.39, 0.29) is 19.1 Å². The monoisotopic (exact) mass is 327 g/mol. The first kappa shape index (κ1) is 18.1. The lowest BCUT2D eigenvalue weighted by molar-refractivity contribution is 0.0528. The summed E-state index contributed by atoms with van der Waals surface area (Å²) in [6.45, 7) is 7.73. The Morgan fingerprint density at radius 2 is 1.82 bits per heavy atom. The Morgan fingerprint density at radius 1 is 1.18 bits per heavy atom. The fourth-order valence-electron chi connectivity index (χ4n) is 1.56. The zero-order valence-corrected chi connectivity index (χ0v) is 14.0. The van der Waals surface area contributed by atoms with E-state index < -0.39 is 11.7 Å². The molecule has 1 rings (SSSR count). The summed E-state index contributed by atoms with van der Waals surface area (Å²) >= 11 is 5.98. The summed E-state index contributed by atoms with van der Waals surface area (Å²) in [7, 11) is 0. The molecule has 0 aliphatic carbocycles. The second kappa shape index (κ2) is 7.89. The molecule has 6 nitrogen and oxygen atoms in total. The summed E-state index contributed by atoms with van der Waals surface area (Å²) in [5.41, 5.74) is 0.898. The van der Waals surface area contributed by atoms with Crippen molar-refractivity contribution >= 4 is 29.4 Å². The maximum atomic E-state index is 11.7. The average Bonchev–Trinajstić information content (AvgIpc) is 2.38. The molecule has 3 N–H and O–H groups in total. The zero-order chi connectivity index (χ0) is 16.8. The molecule has 0 unspecified atom stereocenters. The molecule has 0 fully saturated rings. The Kier molecular flexibility index (Phi) is 6.49. The quantitative estimate of drug-likeness (QED) is 0.742. The molecule has 0 aliphatic heterocycles. The molecule has 0 saturated heterocycles. The molecular formula is C15H22ClN3O3. The van der Waals surface area contributed by atoms with E-state index in [0.29, 0.717) is 10.7 Å². The summed E-state index contributed by atoms with van der Waals surface area (Å²) in [5.74, 6) is 0. The molecule has 0 saturated carbocycles. The van der Waals surface area contributed by atoms with Crippen LogP contribution in [0, 0.1) is 6.92 Å². The lowest BCUT2D eigenvalue weighted by atomic mass is 10.2. The van der Waals surface area contributed by atoms with E-state index in [1.807, 2.05) is 6.92 Å². The molecule has 0 aromatic heterocycles. The van der Waals surface area contributed by atoms with Crippen LogP contribution in [0.3, 0.4) is 0 Å².